The van der Waals surface area contributed by atoms with E-state index in [-0.39, 0.29) is 10.8 Å². The summed E-state index contributed by atoms with van der Waals surface area (Å²) < 4.78 is 27.6. The molecule has 1 aliphatic rings. The van der Waals surface area contributed by atoms with Gasteiger partial charge in [-0.3, -0.25) is 4.79 Å². The number of benzene rings is 2. The number of amides is 1. The molecular weight excluding hydrogens is 348 g/mol. The molecule has 2 aromatic carbocycles. The van der Waals surface area contributed by atoms with E-state index in [4.69, 9.17) is 0 Å². The number of nitrogens with zero attached hydrogens (tertiary/aromatic N) is 1. The van der Waals surface area contributed by atoms with Gasteiger partial charge in [0.05, 0.1) is 4.90 Å². The number of aryl methyl sites for hydroxylation is 2. The van der Waals surface area contributed by atoms with Gasteiger partial charge in [-0.05, 0) is 43.9 Å². The SMILES string of the molecule is Cc1ccc(S(=O)(=O)N2CCC[C@@H]2C(=O)NCc2ccccc2)c(C)c1. The summed E-state index contributed by atoms with van der Waals surface area (Å²) in [6, 6.07) is 14.2. The van der Waals surface area contributed by atoms with Crippen LogP contribution in [0.5, 0.6) is 0 Å². The topological polar surface area (TPSA) is 66.5 Å². The molecule has 1 atom stereocenters. The van der Waals surface area contributed by atoms with Gasteiger partial charge in [-0.25, -0.2) is 8.42 Å². The molecule has 5 nitrogen and oxygen atoms in total. The van der Waals surface area contributed by atoms with Crippen molar-refractivity contribution in [2.75, 3.05) is 6.54 Å². The Morgan fingerprint density at radius 3 is 2.58 bits per heavy atom. The standard InChI is InChI=1S/C20H24N2O3S/c1-15-10-11-19(16(2)13-15)26(24,25)22-12-6-9-18(22)20(23)21-14-17-7-4-3-5-8-17/h3-5,7-8,10-11,13,18H,6,9,12,14H2,1-2H3,(H,21,23)/t18-/m1/s1. The Labute approximate surface area is 155 Å². The Kier molecular flexibility index (Phi) is 5.44. The molecule has 0 unspecified atom stereocenters. The first kappa shape index (κ1) is 18.6. The number of sulfonamides is 1. The summed E-state index contributed by atoms with van der Waals surface area (Å²) in [4.78, 5) is 12.9. The minimum atomic E-state index is -3.69. The third-order valence-corrected chi connectivity index (χ3v) is 6.80. The maximum atomic E-state index is 13.1. The average Bonchev–Trinajstić information content (AvgIpc) is 3.11. The van der Waals surface area contributed by atoms with E-state index in [2.05, 4.69) is 5.32 Å². The van der Waals surface area contributed by atoms with Crippen molar-refractivity contribution in [2.24, 2.45) is 0 Å². The van der Waals surface area contributed by atoms with E-state index in [9.17, 15) is 13.2 Å². The van der Waals surface area contributed by atoms with Gasteiger partial charge in [0, 0.05) is 13.1 Å². The highest BCUT2D eigenvalue weighted by Crippen LogP contribution is 2.28. The molecule has 1 heterocycles. The predicted molar refractivity (Wildman–Crippen MR) is 101 cm³/mol. The van der Waals surface area contributed by atoms with E-state index in [1.54, 1.807) is 19.1 Å². The van der Waals surface area contributed by atoms with Crippen molar-refractivity contribution >= 4 is 15.9 Å². The third kappa shape index (κ3) is 3.81. The van der Waals surface area contributed by atoms with Crippen LogP contribution in [0.15, 0.2) is 53.4 Å². The number of hydrogen-bond donors (Lipinski definition) is 1. The van der Waals surface area contributed by atoms with E-state index in [0.717, 1.165) is 11.1 Å². The molecule has 1 saturated heterocycles. The van der Waals surface area contributed by atoms with Crippen LogP contribution >= 0.6 is 0 Å². The van der Waals surface area contributed by atoms with E-state index >= 15 is 0 Å². The molecule has 0 spiro atoms. The highest BCUT2D eigenvalue weighted by atomic mass is 32.2. The number of nitrogens with one attached hydrogen (secondary N) is 1. The molecule has 1 aliphatic heterocycles. The first-order valence-corrected chi connectivity index (χ1v) is 10.2. The second kappa shape index (κ2) is 7.60. The molecule has 0 aliphatic carbocycles. The van der Waals surface area contributed by atoms with E-state index in [0.29, 0.717) is 31.5 Å². The van der Waals surface area contributed by atoms with E-state index in [1.807, 2.05) is 43.3 Å². The molecule has 1 N–H and O–H groups in total. The predicted octanol–water partition coefficient (Wildman–Crippen LogP) is 2.77. The van der Waals surface area contributed by atoms with Crippen LogP contribution in [0.25, 0.3) is 0 Å². The number of rotatable bonds is 5. The molecule has 0 radical (unpaired) electrons. The molecule has 26 heavy (non-hydrogen) atoms. The van der Waals surface area contributed by atoms with E-state index in [1.165, 1.54) is 4.31 Å². The monoisotopic (exact) mass is 372 g/mol. The smallest absolute Gasteiger partial charge is 0.244 e. The Balaban J connectivity index is 1.77. The van der Waals surface area contributed by atoms with Crippen LogP contribution in [0.3, 0.4) is 0 Å². The number of hydrogen-bond acceptors (Lipinski definition) is 3. The van der Waals surface area contributed by atoms with Crippen LogP contribution in [-0.4, -0.2) is 31.2 Å². The Bertz CT molecular complexity index is 895. The van der Waals surface area contributed by atoms with E-state index < -0.39 is 16.1 Å². The largest absolute Gasteiger partial charge is 0.351 e. The summed E-state index contributed by atoms with van der Waals surface area (Å²) in [6.07, 6.45) is 1.23. The summed E-state index contributed by atoms with van der Waals surface area (Å²) >= 11 is 0. The normalized spacial score (nSPS) is 18.0. The lowest BCUT2D eigenvalue weighted by Gasteiger charge is -2.24. The molecule has 2 aromatic rings. The zero-order chi connectivity index (χ0) is 18.7. The van der Waals surface area contributed by atoms with Gasteiger partial charge in [0.2, 0.25) is 15.9 Å². The maximum Gasteiger partial charge on any atom is 0.244 e. The summed E-state index contributed by atoms with van der Waals surface area (Å²) in [7, 11) is -3.69. The van der Waals surface area contributed by atoms with Crippen molar-refractivity contribution in [3.63, 3.8) is 0 Å². The Morgan fingerprint density at radius 1 is 1.15 bits per heavy atom. The van der Waals surface area contributed by atoms with Gasteiger partial charge in [0.15, 0.2) is 0 Å². The van der Waals surface area contributed by atoms with Crippen molar-refractivity contribution in [3.8, 4) is 0 Å². The summed E-state index contributed by atoms with van der Waals surface area (Å²) in [6.45, 7) is 4.49. The van der Waals surface area contributed by atoms with Gasteiger partial charge >= 0.3 is 0 Å². The van der Waals surface area contributed by atoms with Crippen molar-refractivity contribution < 1.29 is 13.2 Å². The zero-order valence-electron chi connectivity index (χ0n) is 15.1. The Hall–Kier alpha value is -2.18. The van der Waals surface area contributed by atoms with Crippen LogP contribution < -0.4 is 5.32 Å². The third-order valence-electron chi connectivity index (χ3n) is 4.73. The molecule has 3 rings (SSSR count). The maximum absolute atomic E-state index is 13.1. The van der Waals surface area contributed by atoms with Gasteiger partial charge < -0.3 is 5.32 Å². The van der Waals surface area contributed by atoms with Gasteiger partial charge in [-0.15, -0.1) is 0 Å². The molecule has 1 fully saturated rings. The van der Waals surface area contributed by atoms with Gasteiger partial charge in [-0.2, -0.15) is 4.31 Å². The first-order chi connectivity index (χ1) is 12.4. The lowest BCUT2D eigenvalue weighted by molar-refractivity contribution is -0.124. The number of carbonyl (C=O) groups is 1. The van der Waals surface area contributed by atoms with Crippen molar-refractivity contribution in [3.05, 3.63) is 65.2 Å². The highest BCUT2D eigenvalue weighted by molar-refractivity contribution is 7.89. The molecule has 1 amide bonds. The van der Waals surface area contributed by atoms with Crippen LogP contribution in [-0.2, 0) is 21.4 Å². The molecule has 138 valence electrons. The number of carbonyl (C=O) groups excluding carboxylic acids is 1. The molecular formula is C20H24N2O3S. The highest BCUT2D eigenvalue weighted by Gasteiger charge is 2.39. The fraction of sp³-hybridized carbons (Fsp3) is 0.350. The Morgan fingerprint density at radius 2 is 1.88 bits per heavy atom. The van der Waals surface area contributed by atoms with Crippen LogP contribution in [0.1, 0.15) is 29.5 Å². The minimum absolute atomic E-state index is 0.236. The fourth-order valence-corrected chi connectivity index (χ4v) is 5.27. The lowest BCUT2D eigenvalue weighted by Crippen LogP contribution is -2.45. The van der Waals surface area contributed by atoms with Crippen LogP contribution in [0.2, 0.25) is 0 Å². The summed E-state index contributed by atoms with van der Waals surface area (Å²) in [5, 5.41) is 2.87. The van der Waals surface area contributed by atoms with Crippen LogP contribution in [0, 0.1) is 13.8 Å². The van der Waals surface area contributed by atoms with Gasteiger partial charge in [0.25, 0.3) is 0 Å². The van der Waals surface area contributed by atoms with Gasteiger partial charge in [0.1, 0.15) is 6.04 Å². The second-order valence-electron chi connectivity index (χ2n) is 6.75. The molecule has 0 bridgehead atoms. The van der Waals surface area contributed by atoms with Crippen LogP contribution in [0.4, 0.5) is 0 Å². The fourth-order valence-electron chi connectivity index (χ4n) is 3.41. The zero-order valence-corrected chi connectivity index (χ0v) is 15.9. The molecule has 0 saturated carbocycles. The summed E-state index contributed by atoms with van der Waals surface area (Å²) in [5.74, 6) is -0.236. The quantitative estimate of drug-likeness (QED) is 0.878. The second-order valence-corrected chi connectivity index (χ2v) is 8.61. The van der Waals surface area contributed by atoms with Crippen molar-refractivity contribution in [1.82, 2.24) is 9.62 Å². The summed E-state index contributed by atoms with van der Waals surface area (Å²) in [5.41, 5.74) is 2.71. The molecule has 0 aromatic heterocycles. The average molecular weight is 372 g/mol. The minimum Gasteiger partial charge on any atom is -0.351 e. The van der Waals surface area contributed by atoms with Crippen molar-refractivity contribution in [1.29, 1.82) is 0 Å². The first-order valence-electron chi connectivity index (χ1n) is 8.80. The lowest BCUT2D eigenvalue weighted by atomic mass is 10.2. The van der Waals surface area contributed by atoms with Gasteiger partial charge in [-0.1, -0.05) is 48.0 Å². The molecule has 6 heteroatoms. The van der Waals surface area contributed by atoms with Crippen molar-refractivity contribution in [2.45, 2.75) is 44.2 Å².